The van der Waals surface area contributed by atoms with Crippen LogP contribution in [0.15, 0.2) is 0 Å². The number of hydrogen-bond donors (Lipinski definition) is 2. The summed E-state index contributed by atoms with van der Waals surface area (Å²) < 4.78 is 0. The van der Waals surface area contributed by atoms with Crippen molar-refractivity contribution in [2.45, 2.75) is 52.5 Å². The van der Waals surface area contributed by atoms with Crippen molar-refractivity contribution in [1.82, 2.24) is 5.32 Å². The van der Waals surface area contributed by atoms with Crippen LogP contribution < -0.4 is 5.32 Å². The van der Waals surface area contributed by atoms with Gasteiger partial charge in [0.05, 0.1) is 0 Å². The summed E-state index contributed by atoms with van der Waals surface area (Å²) in [6.45, 7) is 5.53. The number of carbonyl (C=O) groups is 2. The molecule has 0 aliphatic carbocycles. The van der Waals surface area contributed by atoms with Gasteiger partial charge in [0.1, 0.15) is 6.04 Å². The lowest BCUT2D eigenvalue weighted by atomic mass is 9.97. The van der Waals surface area contributed by atoms with Gasteiger partial charge >= 0.3 is 5.97 Å². The van der Waals surface area contributed by atoms with E-state index >= 15 is 0 Å². The SMILES string of the molecule is CCCC(CCC)C(=O)N[C@H](C)C(=O)O. The molecule has 1 amide bonds. The van der Waals surface area contributed by atoms with Crippen molar-refractivity contribution in [2.75, 3.05) is 0 Å². The van der Waals surface area contributed by atoms with Crippen LogP contribution in [0.4, 0.5) is 0 Å². The highest BCUT2D eigenvalue weighted by atomic mass is 16.4. The fraction of sp³-hybridized carbons (Fsp3) is 0.818. The van der Waals surface area contributed by atoms with E-state index in [1.54, 1.807) is 0 Å². The van der Waals surface area contributed by atoms with Gasteiger partial charge in [0.25, 0.3) is 0 Å². The van der Waals surface area contributed by atoms with Crippen molar-refractivity contribution >= 4 is 11.9 Å². The molecule has 0 aliphatic heterocycles. The molecule has 0 heterocycles. The van der Waals surface area contributed by atoms with E-state index in [-0.39, 0.29) is 11.8 Å². The van der Waals surface area contributed by atoms with E-state index in [1.165, 1.54) is 6.92 Å². The van der Waals surface area contributed by atoms with Gasteiger partial charge in [-0.3, -0.25) is 9.59 Å². The Kier molecular flexibility index (Phi) is 6.75. The highest BCUT2D eigenvalue weighted by Gasteiger charge is 2.20. The molecule has 88 valence electrons. The highest BCUT2D eigenvalue weighted by Crippen LogP contribution is 2.13. The van der Waals surface area contributed by atoms with Crippen molar-refractivity contribution in [3.05, 3.63) is 0 Å². The summed E-state index contributed by atoms with van der Waals surface area (Å²) >= 11 is 0. The Bertz CT molecular complexity index is 210. The van der Waals surface area contributed by atoms with E-state index in [1.807, 2.05) is 13.8 Å². The minimum Gasteiger partial charge on any atom is -0.480 e. The first kappa shape index (κ1) is 13.9. The Hall–Kier alpha value is -1.06. The zero-order valence-electron chi connectivity index (χ0n) is 9.75. The maximum absolute atomic E-state index is 11.7. The van der Waals surface area contributed by atoms with Crippen LogP contribution in [-0.4, -0.2) is 23.0 Å². The third-order valence-electron chi connectivity index (χ3n) is 2.37. The van der Waals surface area contributed by atoms with Gasteiger partial charge in [-0.2, -0.15) is 0 Å². The predicted molar refractivity (Wildman–Crippen MR) is 58.5 cm³/mol. The largest absolute Gasteiger partial charge is 0.480 e. The summed E-state index contributed by atoms with van der Waals surface area (Å²) in [7, 11) is 0. The number of carboxylic acid groups (broad SMARTS) is 1. The number of carbonyl (C=O) groups excluding carboxylic acids is 1. The van der Waals surface area contributed by atoms with Crippen LogP contribution in [0.25, 0.3) is 0 Å². The summed E-state index contributed by atoms with van der Waals surface area (Å²) in [5.41, 5.74) is 0. The third-order valence-corrected chi connectivity index (χ3v) is 2.37. The molecule has 0 saturated carbocycles. The number of rotatable bonds is 7. The fourth-order valence-corrected chi connectivity index (χ4v) is 1.50. The summed E-state index contributed by atoms with van der Waals surface area (Å²) in [6, 6.07) is -0.797. The van der Waals surface area contributed by atoms with Gasteiger partial charge in [-0.05, 0) is 19.8 Å². The zero-order valence-corrected chi connectivity index (χ0v) is 9.75. The smallest absolute Gasteiger partial charge is 0.325 e. The molecular weight excluding hydrogens is 194 g/mol. The van der Waals surface area contributed by atoms with Crippen LogP contribution in [0.2, 0.25) is 0 Å². The second kappa shape index (κ2) is 7.26. The normalized spacial score (nSPS) is 12.5. The number of aliphatic carboxylic acids is 1. The summed E-state index contributed by atoms with van der Waals surface area (Å²) in [6.07, 6.45) is 3.54. The third kappa shape index (κ3) is 5.40. The first-order chi connectivity index (χ1) is 7.02. The van der Waals surface area contributed by atoms with Crippen LogP contribution in [-0.2, 0) is 9.59 Å². The molecule has 15 heavy (non-hydrogen) atoms. The van der Waals surface area contributed by atoms with E-state index in [9.17, 15) is 9.59 Å². The second-order valence-corrected chi connectivity index (χ2v) is 3.84. The molecule has 0 aromatic rings. The van der Waals surface area contributed by atoms with Gasteiger partial charge < -0.3 is 10.4 Å². The fourth-order valence-electron chi connectivity index (χ4n) is 1.50. The Morgan fingerprint density at radius 1 is 1.20 bits per heavy atom. The molecule has 4 heteroatoms. The van der Waals surface area contributed by atoms with Crippen LogP contribution in [0.3, 0.4) is 0 Å². The van der Waals surface area contributed by atoms with E-state index in [0.717, 1.165) is 25.7 Å². The molecule has 0 saturated heterocycles. The van der Waals surface area contributed by atoms with Crippen LogP contribution in [0.1, 0.15) is 46.5 Å². The molecule has 4 nitrogen and oxygen atoms in total. The van der Waals surface area contributed by atoms with Crippen molar-refractivity contribution in [3.63, 3.8) is 0 Å². The predicted octanol–water partition coefficient (Wildman–Crippen LogP) is 1.79. The summed E-state index contributed by atoms with van der Waals surface area (Å²) in [5.74, 6) is -1.16. The Balaban J connectivity index is 4.18. The van der Waals surface area contributed by atoms with Crippen LogP contribution in [0, 0.1) is 5.92 Å². The minimum atomic E-state index is -0.991. The molecule has 0 aromatic heterocycles. The Morgan fingerprint density at radius 2 is 1.67 bits per heavy atom. The first-order valence-electron chi connectivity index (χ1n) is 5.56. The van der Waals surface area contributed by atoms with Gasteiger partial charge in [-0.25, -0.2) is 0 Å². The molecule has 2 N–H and O–H groups in total. The van der Waals surface area contributed by atoms with E-state index in [2.05, 4.69) is 5.32 Å². The number of carboxylic acids is 1. The molecule has 0 rings (SSSR count). The Morgan fingerprint density at radius 3 is 2.00 bits per heavy atom. The molecule has 0 unspecified atom stereocenters. The van der Waals surface area contributed by atoms with Crippen molar-refractivity contribution in [3.8, 4) is 0 Å². The van der Waals surface area contributed by atoms with Crippen LogP contribution in [0.5, 0.6) is 0 Å². The van der Waals surface area contributed by atoms with Gasteiger partial charge in [0.2, 0.25) is 5.91 Å². The van der Waals surface area contributed by atoms with Gasteiger partial charge in [-0.1, -0.05) is 26.7 Å². The lowest BCUT2D eigenvalue weighted by Crippen LogP contribution is -2.41. The monoisotopic (exact) mass is 215 g/mol. The maximum Gasteiger partial charge on any atom is 0.325 e. The number of nitrogens with one attached hydrogen (secondary N) is 1. The van der Waals surface area contributed by atoms with Crippen molar-refractivity contribution < 1.29 is 14.7 Å². The molecule has 0 spiro atoms. The van der Waals surface area contributed by atoms with Crippen molar-refractivity contribution in [2.24, 2.45) is 5.92 Å². The second-order valence-electron chi connectivity index (χ2n) is 3.84. The summed E-state index contributed by atoms with van der Waals surface area (Å²) in [4.78, 5) is 22.2. The summed E-state index contributed by atoms with van der Waals surface area (Å²) in [5, 5.41) is 11.2. The quantitative estimate of drug-likeness (QED) is 0.680. The van der Waals surface area contributed by atoms with Gasteiger partial charge in [0.15, 0.2) is 0 Å². The first-order valence-corrected chi connectivity index (χ1v) is 5.56. The van der Waals surface area contributed by atoms with Crippen LogP contribution >= 0.6 is 0 Å². The van der Waals surface area contributed by atoms with Gasteiger partial charge in [-0.15, -0.1) is 0 Å². The lowest BCUT2D eigenvalue weighted by Gasteiger charge is -2.17. The van der Waals surface area contributed by atoms with E-state index < -0.39 is 12.0 Å². The van der Waals surface area contributed by atoms with E-state index in [4.69, 9.17) is 5.11 Å². The lowest BCUT2D eigenvalue weighted by molar-refractivity contribution is -0.142. The molecular formula is C11H21NO3. The molecule has 1 atom stereocenters. The molecule has 0 fully saturated rings. The highest BCUT2D eigenvalue weighted by molar-refractivity contribution is 5.84. The topological polar surface area (TPSA) is 66.4 Å². The average molecular weight is 215 g/mol. The molecule has 0 bridgehead atoms. The molecule has 0 radical (unpaired) electrons. The maximum atomic E-state index is 11.7. The van der Waals surface area contributed by atoms with Crippen molar-refractivity contribution in [1.29, 1.82) is 0 Å². The minimum absolute atomic E-state index is 0.0400. The Labute approximate surface area is 91.1 Å². The standard InChI is InChI=1S/C11H21NO3/c1-4-6-9(7-5-2)10(13)12-8(3)11(14)15/h8-9H,4-7H2,1-3H3,(H,12,13)(H,14,15)/t8-/m1/s1. The zero-order chi connectivity index (χ0) is 11.8. The molecule has 0 aromatic carbocycles. The number of hydrogen-bond acceptors (Lipinski definition) is 2. The average Bonchev–Trinajstić information content (AvgIpc) is 2.17. The van der Waals surface area contributed by atoms with E-state index in [0.29, 0.717) is 0 Å². The number of amides is 1. The van der Waals surface area contributed by atoms with Gasteiger partial charge in [0, 0.05) is 5.92 Å². The molecule has 0 aliphatic rings.